The van der Waals surface area contributed by atoms with Gasteiger partial charge in [-0.15, -0.1) is 12.4 Å². The van der Waals surface area contributed by atoms with Crippen LogP contribution in [0.25, 0.3) is 0 Å². The van der Waals surface area contributed by atoms with Crippen molar-refractivity contribution in [2.24, 2.45) is 5.92 Å². The summed E-state index contributed by atoms with van der Waals surface area (Å²) in [7, 11) is 3.33. The van der Waals surface area contributed by atoms with Gasteiger partial charge >= 0.3 is 0 Å². The molecule has 0 bridgehead atoms. The molecule has 1 aromatic carbocycles. The maximum Gasteiger partial charge on any atom is 0.160 e. The minimum Gasteiger partial charge on any atom is -0.506 e. The van der Waals surface area contributed by atoms with Gasteiger partial charge in [0.05, 0.1) is 19.9 Å². The van der Waals surface area contributed by atoms with Gasteiger partial charge < -0.3 is 19.6 Å². The van der Waals surface area contributed by atoms with Gasteiger partial charge in [0.2, 0.25) is 0 Å². The van der Waals surface area contributed by atoms with E-state index in [1.165, 1.54) is 24.8 Å². The number of H-pyrrole nitrogens is 1. The number of nitrogens with one attached hydrogen (secondary N) is 1. The summed E-state index contributed by atoms with van der Waals surface area (Å²) in [4.78, 5) is 3.25. The zero-order valence-corrected chi connectivity index (χ0v) is 15.8. The van der Waals surface area contributed by atoms with Gasteiger partial charge in [0.1, 0.15) is 5.75 Å². The standard InChI is InChI=1S/C20H27NO3.ClH/c1-23-18-10-8-14(13-19(18)24-2)7-9-15-5-3-4-6-16(15)20-17(22)11-12-21-20;/h8,10-13,15-16,21-22H,3-7,9H2,1-2H3;1H/t15-,16-;/m1./s1. The van der Waals surface area contributed by atoms with Crippen LogP contribution in [0.5, 0.6) is 17.2 Å². The van der Waals surface area contributed by atoms with Crippen LogP contribution >= 0.6 is 12.4 Å². The number of halogens is 1. The number of aromatic nitrogens is 1. The van der Waals surface area contributed by atoms with Crippen LogP contribution in [0.15, 0.2) is 30.5 Å². The van der Waals surface area contributed by atoms with Gasteiger partial charge in [0.25, 0.3) is 0 Å². The predicted octanol–water partition coefficient (Wildman–Crippen LogP) is 5.07. The smallest absolute Gasteiger partial charge is 0.160 e. The molecule has 4 nitrogen and oxygen atoms in total. The van der Waals surface area contributed by atoms with E-state index in [-0.39, 0.29) is 12.4 Å². The normalized spacial score (nSPS) is 19.9. The van der Waals surface area contributed by atoms with Crippen molar-refractivity contribution < 1.29 is 14.6 Å². The number of rotatable bonds is 6. The zero-order valence-electron chi connectivity index (χ0n) is 15.0. The lowest BCUT2D eigenvalue weighted by molar-refractivity contribution is 0.281. The zero-order chi connectivity index (χ0) is 16.9. The first-order chi connectivity index (χ1) is 11.7. The topological polar surface area (TPSA) is 54.5 Å². The van der Waals surface area contributed by atoms with Gasteiger partial charge in [-0.3, -0.25) is 0 Å². The Kier molecular flexibility index (Phi) is 7.06. The Morgan fingerprint density at radius 1 is 1.08 bits per heavy atom. The first-order valence-corrected chi connectivity index (χ1v) is 8.80. The molecule has 1 aliphatic carbocycles. The van der Waals surface area contributed by atoms with Gasteiger partial charge in [-0.1, -0.05) is 18.9 Å². The Balaban J connectivity index is 0.00000225. The largest absolute Gasteiger partial charge is 0.506 e. The summed E-state index contributed by atoms with van der Waals surface area (Å²) in [6, 6.07) is 7.92. The summed E-state index contributed by atoms with van der Waals surface area (Å²) in [6.07, 6.45) is 8.90. The summed E-state index contributed by atoms with van der Waals surface area (Å²) < 4.78 is 10.7. The average molecular weight is 366 g/mol. The molecule has 0 saturated heterocycles. The van der Waals surface area contributed by atoms with Gasteiger partial charge in [-0.25, -0.2) is 0 Å². The number of ether oxygens (including phenoxy) is 2. The van der Waals surface area contributed by atoms with E-state index in [0.29, 0.717) is 17.6 Å². The molecule has 0 amide bonds. The summed E-state index contributed by atoms with van der Waals surface area (Å²) in [5.74, 6) is 3.02. The van der Waals surface area contributed by atoms with Gasteiger partial charge in [0, 0.05) is 12.1 Å². The number of aryl methyl sites for hydroxylation is 1. The van der Waals surface area contributed by atoms with Crippen LogP contribution in [0, 0.1) is 5.92 Å². The van der Waals surface area contributed by atoms with E-state index >= 15 is 0 Å². The second-order valence-corrected chi connectivity index (χ2v) is 6.66. The van der Waals surface area contributed by atoms with Crippen molar-refractivity contribution in [2.75, 3.05) is 14.2 Å². The predicted molar refractivity (Wildman–Crippen MR) is 102 cm³/mol. The van der Waals surface area contributed by atoms with E-state index < -0.39 is 0 Å². The minimum absolute atomic E-state index is 0. The summed E-state index contributed by atoms with van der Waals surface area (Å²) in [5, 5.41) is 10.1. The SMILES string of the molecule is COc1ccc(CC[C@H]2CCCC[C@H]2c2[nH]ccc2O)cc1OC.Cl. The highest BCUT2D eigenvalue weighted by Gasteiger charge is 2.28. The van der Waals surface area contributed by atoms with Crippen LogP contribution < -0.4 is 9.47 Å². The third-order valence-electron chi connectivity index (χ3n) is 5.29. The first-order valence-electron chi connectivity index (χ1n) is 8.80. The van der Waals surface area contributed by atoms with Crippen molar-refractivity contribution in [1.82, 2.24) is 4.98 Å². The second kappa shape index (κ2) is 9.04. The lowest BCUT2D eigenvalue weighted by Gasteiger charge is -2.31. The number of aromatic hydroxyl groups is 1. The molecule has 1 aromatic heterocycles. The molecule has 2 atom stereocenters. The highest BCUT2D eigenvalue weighted by Crippen LogP contribution is 2.42. The quantitative estimate of drug-likeness (QED) is 0.751. The van der Waals surface area contributed by atoms with Crippen LogP contribution in [-0.4, -0.2) is 24.3 Å². The van der Waals surface area contributed by atoms with Crippen molar-refractivity contribution in [3.8, 4) is 17.2 Å². The monoisotopic (exact) mass is 365 g/mol. The van der Waals surface area contributed by atoms with Gasteiger partial charge in [-0.2, -0.15) is 0 Å². The Morgan fingerprint density at radius 3 is 2.52 bits per heavy atom. The maximum absolute atomic E-state index is 10.1. The molecule has 0 spiro atoms. The van der Waals surface area contributed by atoms with Crippen molar-refractivity contribution >= 4 is 12.4 Å². The molecular formula is C20H28ClNO3. The maximum atomic E-state index is 10.1. The average Bonchev–Trinajstić information content (AvgIpc) is 3.05. The third kappa shape index (κ3) is 4.43. The molecule has 1 heterocycles. The van der Waals surface area contributed by atoms with Crippen LogP contribution in [-0.2, 0) is 6.42 Å². The van der Waals surface area contributed by atoms with Gasteiger partial charge in [-0.05, 0) is 55.4 Å². The Bertz CT molecular complexity index is 671. The van der Waals surface area contributed by atoms with Crippen LogP contribution in [0.4, 0.5) is 0 Å². The Labute approximate surface area is 156 Å². The second-order valence-electron chi connectivity index (χ2n) is 6.66. The molecule has 1 saturated carbocycles. The molecule has 3 rings (SSSR count). The fourth-order valence-corrected chi connectivity index (χ4v) is 3.99. The van der Waals surface area contributed by atoms with Crippen molar-refractivity contribution in [3.63, 3.8) is 0 Å². The molecule has 1 aliphatic rings. The Hall–Kier alpha value is -1.81. The number of benzene rings is 1. The molecule has 5 heteroatoms. The van der Waals surface area contributed by atoms with Crippen LogP contribution in [0.3, 0.4) is 0 Å². The van der Waals surface area contributed by atoms with E-state index in [4.69, 9.17) is 9.47 Å². The highest BCUT2D eigenvalue weighted by atomic mass is 35.5. The molecule has 1 fully saturated rings. The van der Waals surface area contributed by atoms with Crippen LogP contribution in [0.1, 0.15) is 49.3 Å². The third-order valence-corrected chi connectivity index (χ3v) is 5.29. The number of aromatic amines is 1. The lowest BCUT2D eigenvalue weighted by Crippen LogP contribution is -2.19. The van der Waals surface area contributed by atoms with Crippen molar-refractivity contribution in [2.45, 2.75) is 44.4 Å². The molecule has 138 valence electrons. The summed E-state index contributed by atoms with van der Waals surface area (Å²) >= 11 is 0. The number of hydrogen-bond acceptors (Lipinski definition) is 3. The molecule has 2 aromatic rings. The fraction of sp³-hybridized carbons (Fsp3) is 0.500. The van der Waals surface area contributed by atoms with E-state index in [9.17, 15) is 5.11 Å². The number of hydrogen-bond donors (Lipinski definition) is 2. The number of methoxy groups -OCH3 is 2. The lowest BCUT2D eigenvalue weighted by atomic mass is 9.75. The van der Waals surface area contributed by atoms with E-state index in [0.717, 1.165) is 36.5 Å². The van der Waals surface area contributed by atoms with E-state index in [1.807, 2.05) is 12.3 Å². The van der Waals surface area contributed by atoms with Crippen molar-refractivity contribution in [1.29, 1.82) is 0 Å². The van der Waals surface area contributed by atoms with Gasteiger partial charge in [0.15, 0.2) is 11.5 Å². The fourth-order valence-electron chi connectivity index (χ4n) is 3.99. The Morgan fingerprint density at radius 2 is 1.84 bits per heavy atom. The van der Waals surface area contributed by atoms with E-state index in [1.54, 1.807) is 20.3 Å². The molecule has 0 unspecified atom stereocenters. The van der Waals surface area contributed by atoms with Crippen molar-refractivity contribution in [3.05, 3.63) is 41.7 Å². The summed E-state index contributed by atoms with van der Waals surface area (Å²) in [5.41, 5.74) is 2.29. The molecule has 0 radical (unpaired) electrons. The van der Waals surface area contributed by atoms with Crippen LogP contribution in [0.2, 0.25) is 0 Å². The van der Waals surface area contributed by atoms with E-state index in [2.05, 4.69) is 17.1 Å². The molecule has 25 heavy (non-hydrogen) atoms. The molecular weight excluding hydrogens is 338 g/mol. The minimum atomic E-state index is 0. The molecule has 2 N–H and O–H groups in total. The summed E-state index contributed by atoms with van der Waals surface area (Å²) in [6.45, 7) is 0. The first kappa shape index (κ1) is 19.5. The highest BCUT2D eigenvalue weighted by molar-refractivity contribution is 5.85. The molecule has 0 aliphatic heterocycles.